The Hall–Kier alpha value is -3.97. The van der Waals surface area contributed by atoms with Gasteiger partial charge in [0.25, 0.3) is 0 Å². The van der Waals surface area contributed by atoms with E-state index in [1.165, 1.54) is 24.5 Å². The predicted octanol–water partition coefficient (Wildman–Crippen LogP) is 8.04. The minimum Gasteiger partial charge on any atom is -0.743 e. The summed E-state index contributed by atoms with van der Waals surface area (Å²) in [4.78, 5) is 32.1. The lowest BCUT2D eigenvalue weighted by molar-refractivity contribution is -0.207. The van der Waals surface area contributed by atoms with Gasteiger partial charge in [-0.05, 0) is 91.3 Å². The zero-order chi connectivity index (χ0) is 35.6. The number of ether oxygens (including phenoxy) is 2. The second-order valence-corrected chi connectivity index (χ2v) is 18.3. The number of esters is 1. The lowest BCUT2D eigenvalue weighted by Gasteiger charge is -2.59. The Morgan fingerprint density at radius 1 is 0.922 bits per heavy atom. The largest absolute Gasteiger partial charge is 0.743 e. The van der Waals surface area contributed by atoms with Gasteiger partial charge in [-0.25, -0.2) is 13.2 Å². The number of carbonyl (C=O) groups excluding carboxylic acids is 2. The van der Waals surface area contributed by atoms with Gasteiger partial charge in [0.1, 0.15) is 34.6 Å². The minimum absolute atomic E-state index is 0.0306. The molecule has 0 aromatic heterocycles. The van der Waals surface area contributed by atoms with Crippen molar-refractivity contribution >= 4 is 50.6 Å². The maximum Gasteiger partial charge on any atom is 0.428 e. The molecule has 0 saturated heterocycles. The zero-order valence-corrected chi connectivity index (χ0v) is 29.6. The van der Waals surface area contributed by atoms with Crippen LogP contribution in [0.4, 0.5) is 8.78 Å². The van der Waals surface area contributed by atoms with Gasteiger partial charge in [0.2, 0.25) is 0 Å². The van der Waals surface area contributed by atoms with Crippen molar-refractivity contribution in [3.8, 4) is 5.75 Å². The van der Waals surface area contributed by atoms with E-state index in [-0.39, 0.29) is 41.9 Å². The minimum atomic E-state index is -6.25. The van der Waals surface area contributed by atoms with E-state index in [0.717, 1.165) is 16.9 Å². The number of Topliss-reactive ketones (excluding diaryl/α,β-unsaturated/α-hetero) is 1. The van der Waals surface area contributed by atoms with E-state index in [1.54, 1.807) is 6.08 Å². The molecule has 0 amide bonds. The molecule has 262 valence electrons. The fourth-order valence-corrected chi connectivity index (χ4v) is 12.3. The summed E-state index contributed by atoms with van der Waals surface area (Å²) >= 11 is 1.81. The lowest BCUT2D eigenvalue weighted by Crippen LogP contribution is -2.62. The molecular formula is C39H32F2O7S3. The van der Waals surface area contributed by atoms with Gasteiger partial charge in [-0.3, -0.25) is 4.79 Å². The third kappa shape index (κ3) is 6.19. The number of allylic oxidation sites excluding steroid dienone is 1. The van der Waals surface area contributed by atoms with Crippen molar-refractivity contribution in [1.29, 1.82) is 0 Å². The fourth-order valence-electron chi connectivity index (χ4n) is 8.29. The second kappa shape index (κ2) is 12.6. The molecule has 7 nitrogen and oxygen atoms in total. The van der Waals surface area contributed by atoms with Crippen molar-refractivity contribution in [3.63, 3.8) is 0 Å². The maximum absolute atomic E-state index is 14.0. The molecule has 4 bridgehead atoms. The smallest absolute Gasteiger partial charge is 0.428 e. The third-order valence-electron chi connectivity index (χ3n) is 10.3. The number of fused-ring (bicyclic) bond motifs is 2. The highest BCUT2D eigenvalue weighted by Gasteiger charge is 2.64. The molecule has 4 atom stereocenters. The zero-order valence-electron chi connectivity index (χ0n) is 27.1. The third-order valence-corrected chi connectivity index (χ3v) is 14.8. The Labute approximate surface area is 301 Å². The van der Waals surface area contributed by atoms with Gasteiger partial charge in [0.05, 0.1) is 15.2 Å². The van der Waals surface area contributed by atoms with Crippen molar-refractivity contribution in [2.24, 2.45) is 17.3 Å². The van der Waals surface area contributed by atoms with Crippen molar-refractivity contribution in [3.05, 3.63) is 114 Å². The van der Waals surface area contributed by atoms with Crippen LogP contribution in [0.25, 0.3) is 6.08 Å². The number of alkyl halides is 2. The van der Waals surface area contributed by atoms with Crippen molar-refractivity contribution in [2.75, 3.05) is 0 Å². The number of ketones is 1. The van der Waals surface area contributed by atoms with Crippen LogP contribution < -0.4 is 4.74 Å². The Balaban J connectivity index is 0.934. The summed E-state index contributed by atoms with van der Waals surface area (Å²) in [5.41, 5.74) is -0.713. The average molecular weight is 747 g/mol. The van der Waals surface area contributed by atoms with Crippen LogP contribution in [0.2, 0.25) is 0 Å². The van der Waals surface area contributed by atoms with Gasteiger partial charge in [0, 0.05) is 12.3 Å². The lowest BCUT2D eigenvalue weighted by atomic mass is 9.47. The Bertz CT molecular complexity index is 2130. The van der Waals surface area contributed by atoms with Gasteiger partial charge in [-0.2, -0.15) is 8.78 Å². The first-order valence-electron chi connectivity index (χ1n) is 16.6. The van der Waals surface area contributed by atoms with E-state index in [2.05, 4.69) is 60.7 Å². The van der Waals surface area contributed by atoms with E-state index >= 15 is 0 Å². The topological polar surface area (TPSA) is 110 Å². The molecule has 4 saturated carbocycles. The summed E-state index contributed by atoms with van der Waals surface area (Å²) in [6.45, 7) is 0.348. The molecule has 4 aromatic carbocycles. The van der Waals surface area contributed by atoms with Crippen LogP contribution in [0.15, 0.2) is 128 Å². The summed E-state index contributed by atoms with van der Waals surface area (Å²) in [5.74, 6) is -2.21. The van der Waals surface area contributed by atoms with E-state index in [0.29, 0.717) is 19.4 Å². The normalized spacial score (nSPS) is 25.4. The van der Waals surface area contributed by atoms with Crippen molar-refractivity contribution in [2.45, 2.75) is 74.0 Å². The Morgan fingerprint density at radius 2 is 1.57 bits per heavy atom. The van der Waals surface area contributed by atoms with Crippen LogP contribution in [0.3, 0.4) is 0 Å². The number of halogens is 2. The first-order chi connectivity index (χ1) is 24.3. The van der Waals surface area contributed by atoms with E-state index in [1.807, 2.05) is 54.2 Å². The van der Waals surface area contributed by atoms with Crippen molar-refractivity contribution in [1.82, 2.24) is 0 Å². The number of benzene rings is 4. The molecule has 9 rings (SSSR count). The summed E-state index contributed by atoms with van der Waals surface area (Å²) in [5, 5.41) is -5.20. The monoisotopic (exact) mass is 746 g/mol. The molecule has 4 aromatic rings. The highest BCUT2D eigenvalue weighted by atomic mass is 32.2. The van der Waals surface area contributed by atoms with E-state index < -0.39 is 38.3 Å². The van der Waals surface area contributed by atoms with Gasteiger partial charge < -0.3 is 14.0 Å². The SMILES string of the molecule is O=C1C2CC3CC(OC(=O)C(F)(F)S(=O)(=O)[O-])(C2)CC1(/C=C/c1ccc(COc2ccc([S+]4c5ccccc5Sc5ccccc54)cc2)cc1)C3. The van der Waals surface area contributed by atoms with Gasteiger partial charge >= 0.3 is 11.2 Å². The van der Waals surface area contributed by atoms with E-state index in [4.69, 9.17) is 9.47 Å². The highest BCUT2D eigenvalue weighted by molar-refractivity contribution is 8.04. The quantitative estimate of drug-likeness (QED) is 0.0848. The molecule has 51 heavy (non-hydrogen) atoms. The molecule has 5 aliphatic rings. The maximum atomic E-state index is 14.0. The van der Waals surface area contributed by atoms with Gasteiger partial charge in [-0.15, -0.1) is 0 Å². The molecule has 4 fully saturated rings. The summed E-state index contributed by atoms with van der Waals surface area (Å²) in [6.07, 6.45) is 4.87. The van der Waals surface area contributed by atoms with Crippen LogP contribution in [0.5, 0.6) is 5.75 Å². The molecule has 1 heterocycles. The molecule has 0 spiro atoms. The number of rotatable bonds is 9. The van der Waals surface area contributed by atoms with Crippen LogP contribution >= 0.6 is 11.8 Å². The molecule has 0 radical (unpaired) electrons. The molecule has 0 N–H and O–H groups in total. The van der Waals surface area contributed by atoms with Crippen LogP contribution in [0.1, 0.15) is 43.2 Å². The molecular weight excluding hydrogens is 715 g/mol. The first-order valence-corrected chi connectivity index (χ1v) is 20.0. The number of hydrogen-bond acceptors (Lipinski definition) is 8. The van der Waals surface area contributed by atoms with Gasteiger partial charge in [-0.1, -0.05) is 72.4 Å². The van der Waals surface area contributed by atoms with Crippen molar-refractivity contribution < 1.29 is 40.8 Å². The van der Waals surface area contributed by atoms with Crippen LogP contribution in [-0.2, 0) is 41.9 Å². The molecule has 1 aliphatic heterocycles. The summed E-state index contributed by atoms with van der Waals surface area (Å²) < 4.78 is 72.5. The highest BCUT2D eigenvalue weighted by Crippen LogP contribution is 2.62. The second-order valence-electron chi connectivity index (χ2n) is 13.8. The first kappa shape index (κ1) is 34.1. The fraction of sp³-hybridized carbons (Fsp3) is 0.282. The standard InChI is InChI=1S/C39H32F2O7S3/c40-39(41,51(44,45)46)36(43)48-38-21-27-19-28(22-38)35(42)37(20-27,24-38)18-17-25-9-11-26(12-10-25)23-47-29-13-15-30(16-14-29)50-33-7-3-1-5-31(33)49-32-6-2-4-8-34(32)50/h1-18,27-28H,19-24H2/b18-17+. The van der Waals surface area contributed by atoms with Gasteiger partial charge in [0.15, 0.2) is 24.8 Å². The Morgan fingerprint density at radius 3 is 2.22 bits per heavy atom. The van der Waals surface area contributed by atoms with Crippen LogP contribution in [-0.4, -0.2) is 35.6 Å². The molecule has 4 unspecified atom stereocenters. The molecule has 12 heteroatoms. The number of carbonyl (C=O) groups is 2. The molecule has 4 aliphatic carbocycles. The summed E-state index contributed by atoms with van der Waals surface area (Å²) in [6, 6.07) is 33.0. The predicted molar refractivity (Wildman–Crippen MR) is 186 cm³/mol. The van der Waals surface area contributed by atoms with Crippen LogP contribution in [0, 0.1) is 17.3 Å². The Kier molecular flexibility index (Phi) is 8.44. The average Bonchev–Trinajstić information content (AvgIpc) is 3.11. The number of hydrogen-bond donors (Lipinski definition) is 0. The van der Waals surface area contributed by atoms with E-state index in [9.17, 15) is 31.3 Å². The summed E-state index contributed by atoms with van der Waals surface area (Å²) in [7, 11) is -6.47.